The molecule has 5 aromatic carbocycles. The molecule has 37 heavy (non-hydrogen) atoms. The molecule has 0 spiro atoms. The lowest BCUT2D eigenvalue weighted by molar-refractivity contribution is 0.0522. The maximum atomic E-state index is 14.0. The van der Waals surface area contributed by atoms with Gasteiger partial charge in [0.1, 0.15) is 17.1 Å². The van der Waals surface area contributed by atoms with Gasteiger partial charge in [0.2, 0.25) is 0 Å². The molecule has 0 fully saturated rings. The number of hydrogen-bond donors (Lipinski definition) is 1. The van der Waals surface area contributed by atoms with Gasteiger partial charge in [0.25, 0.3) is 0 Å². The first-order valence-electron chi connectivity index (χ1n) is 12.1. The van der Waals surface area contributed by atoms with Gasteiger partial charge in [0.15, 0.2) is 5.78 Å². The Labute approximate surface area is 214 Å². The molecular weight excluding hydrogens is 464 g/mol. The van der Waals surface area contributed by atoms with Crippen LogP contribution in [0.5, 0.6) is 11.5 Å². The minimum atomic E-state index is -0.659. The van der Waals surface area contributed by atoms with Crippen LogP contribution in [-0.4, -0.2) is 30.6 Å². The summed E-state index contributed by atoms with van der Waals surface area (Å²) in [5, 5.41) is 14.3. The zero-order valence-corrected chi connectivity index (χ0v) is 20.7. The Morgan fingerprint density at radius 3 is 2.19 bits per heavy atom. The van der Waals surface area contributed by atoms with Crippen LogP contribution in [0.25, 0.3) is 21.5 Å². The van der Waals surface area contributed by atoms with Crippen LogP contribution >= 0.6 is 0 Å². The summed E-state index contributed by atoms with van der Waals surface area (Å²) < 4.78 is 10.7. The van der Waals surface area contributed by atoms with Crippen LogP contribution in [0.3, 0.4) is 0 Å². The molecule has 184 valence electrons. The molecule has 0 saturated heterocycles. The molecule has 0 radical (unpaired) electrons. The number of ether oxygens (including phenoxy) is 2. The highest BCUT2D eigenvalue weighted by molar-refractivity contribution is 6.20. The Bertz CT molecular complexity index is 1640. The van der Waals surface area contributed by atoms with Gasteiger partial charge in [0.05, 0.1) is 13.7 Å². The van der Waals surface area contributed by atoms with Crippen LogP contribution in [0, 0.1) is 0 Å². The lowest BCUT2D eigenvalue weighted by atomic mass is 9.85. The molecule has 0 saturated carbocycles. The standard InChI is InChI=1S/C32H26O5/c1-3-37-32(35)29-27(18-20-13-14-23-19-24(36-2)16-15-22(23)17-20)28(30(33)21-9-5-4-6-10-21)25-11-7-8-12-26(25)31(29)34/h4-17,19,34H,3,18H2,1-2H3. The number of phenols is 1. The van der Waals surface area contributed by atoms with Gasteiger partial charge in [0, 0.05) is 16.5 Å². The molecule has 5 nitrogen and oxygen atoms in total. The van der Waals surface area contributed by atoms with Crippen molar-refractivity contribution in [1.29, 1.82) is 0 Å². The third-order valence-corrected chi connectivity index (χ3v) is 6.53. The predicted octanol–water partition coefficient (Wildman–Crippen LogP) is 6.71. The fourth-order valence-corrected chi connectivity index (χ4v) is 4.78. The molecule has 0 bridgehead atoms. The number of phenolic OH excluding ortho intramolecular Hbond substituents is 1. The van der Waals surface area contributed by atoms with Gasteiger partial charge in [-0.3, -0.25) is 4.79 Å². The Morgan fingerprint density at radius 2 is 1.46 bits per heavy atom. The van der Waals surface area contributed by atoms with E-state index in [9.17, 15) is 14.7 Å². The van der Waals surface area contributed by atoms with Gasteiger partial charge in [-0.2, -0.15) is 0 Å². The topological polar surface area (TPSA) is 72.8 Å². The van der Waals surface area contributed by atoms with Gasteiger partial charge < -0.3 is 14.6 Å². The van der Waals surface area contributed by atoms with Gasteiger partial charge in [-0.25, -0.2) is 4.79 Å². The van der Waals surface area contributed by atoms with Gasteiger partial charge in [-0.15, -0.1) is 0 Å². The number of hydrogen-bond acceptors (Lipinski definition) is 5. The molecule has 0 atom stereocenters. The Kier molecular flexibility index (Phi) is 6.60. The summed E-state index contributed by atoms with van der Waals surface area (Å²) >= 11 is 0. The SMILES string of the molecule is CCOC(=O)c1c(Cc2ccc3cc(OC)ccc3c2)c(C(=O)c2ccccc2)c2ccccc2c1O. The summed E-state index contributed by atoms with van der Waals surface area (Å²) in [5.74, 6) is -0.296. The van der Waals surface area contributed by atoms with E-state index in [0.29, 0.717) is 27.5 Å². The highest BCUT2D eigenvalue weighted by atomic mass is 16.5. The van der Waals surface area contributed by atoms with Gasteiger partial charge in [-0.05, 0) is 52.8 Å². The van der Waals surface area contributed by atoms with E-state index in [-0.39, 0.29) is 30.1 Å². The quantitative estimate of drug-likeness (QED) is 0.203. The Hall–Kier alpha value is -4.64. The normalized spacial score (nSPS) is 11.0. The van der Waals surface area contributed by atoms with Crippen LogP contribution in [0.2, 0.25) is 0 Å². The first-order valence-corrected chi connectivity index (χ1v) is 12.1. The maximum absolute atomic E-state index is 14.0. The van der Waals surface area contributed by atoms with Crippen LogP contribution in [-0.2, 0) is 11.2 Å². The van der Waals surface area contributed by atoms with E-state index < -0.39 is 5.97 Å². The van der Waals surface area contributed by atoms with E-state index in [0.717, 1.165) is 22.1 Å². The zero-order valence-electron chi connectivity index (χ0n) is 20.7. The lowest BCUT2D eigenvalue weighted by Gasteiger charge is -2.19. The summed E-state index contributed by atoms with van der Waals surface area (Å²) in [4.78, 5) is 27.2. The lowest BCUT2D eigenvalue weighted by Crippen LogP contribution is -2.15. The summed E-state index contributed by atoms with van der Waals surface area (Å²) in [6, 6.07) is 27.8. The van der Waals surface area contributed by atoms with Crippen molar-refractivity contribution >= 4 is 33.3 Å². The number of esters is 1. The van der Waals surface area contributed by atoms with Crippen molar-refractivity contribution < 1.29 is 24.2 Å². The van der Waals surface area contributed by atoms with Crippen LogP contribution < -0.4 is 4.74 Å². The van der Waals surface area contributed by atoms with E-state index in [2.05, 4.69) is 0 Å². The average Bonchev–Trinajstić information content (AvgIpc) is 2.93. The van der Waals surface area contributed by atoms with Crippen molar-refractivity contribution in [2.24, 2.45) is 0 Å². The van der Waals surface area contributed by atoms with Crippen molar-refractivity contribution in [2.75, 3.05) is 13.7 Å². The molecule has 1 N–H and O–H groups in total. The molecule has 0 aliphatic rings. The van der Waals surface area contributed by atoms with Crippen LogP contribution in [0.1, 0.15) is 44.3 Å². The largest absolute Gasteiger partial charge is 0.506 e. The third kappa shape index (κ3) is 4.52. The average molecular weight is 491 g/mol. The molecule has 0 aliphatic heterocycles. The molecule has 0 amide bonds. The Balaban J connectivity index is 1.77. The minimum absolute atomic E-state index is 0.0228. The summed E-state index contributed by atoms with van der Waals surface area (Å²) in [6.45, 7) is 1.85. The minimum Gasteiger partial charge on any atom is -0.506 e. The van der Waals surface area contributed by atoms with Crippen molar-refractivity contribution in [3.05, 3.63) is 119 Å². The molecule has 0 aliphatic carbocycles. The summed E-state index contributed by atoms with van der Waals surface area (Å²) in [7, 11) is 1.63. The smallest absolute Gasteiger partial charge is 0.342 e. The number of aromatic hydroxyl groups is 1. The van der Waals surface area contributed by atoms with E-state index in [1.807, 2.05) is 48.5 Å². The first kappa shape index (κ1) is 24.1. The maximum Gasteiger partial charge on any atom is 0.342 e. The van der Waals surface area contributed by atoms with E-state index >= 15 is 0 Å². The second-order valence-electron chi connectivity index (χ2n) is 8.76. The molecule has 5 heteroatoms. The number of carbonyl (C=O) groups excluding carboxylic acids is 2. The zero-order chi connectivity index (χ0) is 25.9. The van der Waals surface area contributed by atoms with Crippen molar-refractivity contribution in [3.8, 4) is 11.5 Å². The molecular formula is C32H26O5. The van der Waals surface area contributed by atoms with Crippen LogP contribution in [0.15, 0.2) is 91.0 Å². The second kappa shape index (κ2) is 10.2. The van der Waals surface area contributed by atoms with E-state index in [1.54, 1.807) is 56.5 Å². The fraction of sp³-hybridized carbons (Fsp3) is 0.125. The molecule has 0 aromatic heterocycles. The summed E-state index contributed by atoms with van der Waals surface area (Å²) in [5.41, 5.74) is 2.24. The third-order valence-electron chi connectivity index (χ3n) is 6.53. The highest BCUT2D eigenvalue weighted by Gasteiger charge is 2.28. The number of fused-ring (bicyclic) bond motifs is 2. The molecule has 0 heterocycles. The Morgan fingerprint density at radius 1 is 0.784 bits per heavy atom. The molecule has 0 unspecified atom stereocenters. The number of rotatable bonds is 7. The fourth-order valence-electron chi connectivity index (χ4n) is 4.78. The van der Waals surface area contributed by atoms with Crippen molar-refractivity contribution in [1.82, 2.24) is 0 Å². The molecule has 5 rings (SSSR count). The second-order valence-corrected chi connectivity index (χ2v) is 8.76. The number of benzene rings is 5. The van der Waals surface area contributed by atoms with E-state index in [4.69, 9.17) is 9.47 Å². The number of ketones is 1. The van der Waals surface area contributed by atoms with E-state index in [1.165, 1.54) is 0 Å². The van der Waals surface area contributed by atoms with Crippen molar-refractivity contribution in [3.63, 3.8) is 0 Å². The summed E-state index contributed by atoms with van der Waals surface area (Å²) in [6.07, 6.45) is 0.252. The predicted molar refractivity (Wildman–Crippen MR) is 145 cm³/mol. The van der Waals surface area contributed by atoms with Crippen LogP contribution in [0.4, 0.5) is 0 Å². The van der Waals surface area contributed by atoms with Gasteiger partial charge >= 0.3 is 5.97 Å². The molecule has 5 aromatic rings. The monoisotopic (exact) mass is 490 g/mol. The van der Waals surface area contributed by atoms with Crippen molar-refractivity contribution in [2.45, 2.75) is 13.3 Å². The highest BCUT2D eigenvalue weighted by Crippen LogP contribution is 2.38. The number of methoxy groups -OCH3 is 1. The van der Waals surface area contributed by atoms with Gasteiger partial charge in [-0.1, -0.05) is 78.9 Å². The first-order chi connectivity index (χ1) is 18.0. The number of carbonyl (C=O) groups is 2.